The molecule has 0 bridgehead atoms. The molecule has 2 aromatic rings. The lowest BCUT2D eigenvalue weighted by Gasteiger charge is -2.37. The summed E-state index contributed by atoms with van der Waals surface area (Å²) in [5.41, 5.74) is 1.16. The van der Waals surface area contributed by atoms with Crippen LogP contribution in [-0.2, 0) is 11.2 Å². The van der Waals surface area contributed by atoms with Crippen LogP contribution in [0.2, 0.25) is 0 Å². The third kappa shape index (κ3) is 5.87. The van der Waals surface area contributed by atoms with Crippen LogP contribution in [0.4, 0.5) is 0 Å². The first-order valence-corrected chi connectivity index (χ1v) is 11.6. The Morgan fingerprint density at radius 1 is 1.39 bits per heavy atom. The monoisotopic (exact) mass is 444 g/mol. The van der Waals surface area contributed by atoms with E-state index in [1.165, 1.54) is 4.88 Å². The van der Waals surface area contributed by atoms with Crippen LogP contribution in [0, 0.1) is 0 Å². The Hall–Kier alpha value is -2.35. The first-order valence-electron chi connectivity index (χ1n) is 10.7. The summed E-state index contributed by atoms with van der Waals surface area (Å²) in [7, 11) is 1.62. The van der Waals surface area contributed by atoms with Crippen molar-refractivity contribution in [1.82, 2.24) is 9.80 Å². The zero-order valence-electron chi connectivity index (χ0n) is 18.3. The lowest BCUT2D eigenvalue weighted by molar-refractivity contribution is -0.136. The summed E-state index contributed by atoms with van der Waals surface area (Å²) in [4.78, 5) is 18.5. The molecule has 1 aliphatic rings. The Kier molecular flexibility index (Phi) is 8.51. The molecule has 0 saturated carbocycles. The maximum atomic E-state index is 13.3. The highest BCUT2D eigenvalue weighted by atomic mass is 32.1. The van der Waals surface area contributed by atoms with Gasteiger partial charge in [0, 0.05) is 24.5 Å². The number of benzene rings is 1. The van der Waals surface area contributed by atoms with Crippen LogP contribution in [0.3, 0.4) is 0 Å². The van der Waals surface area contributed by atoms with Gasteiger partial charge in [-0.25, -0.2) is 0 Å². The molecule has 6 nitrogen and oxygen atoms in total. The molecule has 3 rings (SSSR count). The van der Waals surface area contributed by atoms with Crippen LogP contribution < -0.4 is 9.47 Å². The van der Waals surface area contributed by atoms with Gasteiger partial charge in [-0.05, 0) is 42.0 Å². The number of para-hydroxylation sites is 2. The number of carbonyl (C=O) groups is 1. The summed E-state index contributed by atoms with van der Waals surface area (Å²) in [5.74, 6) is 1.38. The Bertz CT molecular complexity index is 869. The van der Waals surface area contributed by atoms with E-state index in [4.69, 9.17) is 9.47 Å². The van der Waals surface area contributed by atoms with Crippen molar-refractivity contribution in [2.45, 2.75) is 31.9 Å². The van der Waals surface area contributed by atoms with Gasteiger partial charge < -0.3 is 19.5 Å². The quantitative estimate of drug-likeness (QED) is 0.538. The number of aliphatic hydroxyl groups excluding tert-OH is 1. The number of fused-ring (bicyclic) bond motifs is 1. The highest BCUT2D eigenvalue weighted by molar-refractivity contribution is 7.10. The standard InChI is InChI=1S/C24H32N2O4S/c1-4-12-25(15-18(27)5-2)16-24(28)26-13-10-23-19(11-14-31-23)20(26)17-30-22-9-7-6-8-21(22)29-3/h4,6-9,11,14,18,20,27H,1,5,10,12-13,15-17H2,2-3H3/t18-,20+/m0/s1. The van der Waals surface area contributed by atoms with E-state index in [0.717, 1.165) is 12.0 Å². The van der Waals surface area contributed by atoms with Gasteiger partial charge in [-0.2, -0.15) is 0 Å². The van der Waals surface area contributed by atoms with Crippen LogP contribution in [0.25, 0.3) is 0 Å². The second kappa shape index (κ2) is 11.3. The summed E-state index contributed by atoms with van der Waals surface area (Å²) >= 11 is 1.73. The van der Waals surface area contributed by atoms with Gasteiger partial charge in [0.15, 0.2) is 11.5 Å². The summed E-state index contributed by atoms with van der Waals surface area (Å²) in [5, 5.41) is 12.1. The molecule has 0 radical (unpaired) electrons. The molecule has 168 valence electrons. The number of carbonyl (C=O) groups excluding carboxylic acids is 1. The van der Waals surface area contributed by atoms with Gasteiger partial charge in [0.2, 0.25) is 5.91 Å². The van der Waals surface area contributed by atoms with Crippen molar-refractivity contribution in [3.8, 4) is 11.5 Å². The summed E-state index contributed by atoms with van der Waals surface area (Å²) in [6, 6.07) is 9.48. The molecule has 0 unspecified atom stereocenters. The Labute approximate surface area is 188 Å². The normalized spacial score (nSPS) is 16.6. The van der Waals surface area contributed by atoms with Crippen molar-refractivity contribution >= 4 is 17.2 Å². The molecule has 31 heavy (non-hydrogen) atoms. The molecular formula is C24H32N2O4S. The predicted octanol–water partition coefficient (Wildman–Crippen LogP) is 3.52. The second-order valence-corrected chi connectivity index (χ2v) is 8.66. The minimum absolute atomic E-state index is 0.0376. The highest BCUT2D eigenvalue weighted by Crippen LogP contribution is 2.35. The molecule has 1 aromatic heterocycles. The highest BCUT2D eigenvalue weighted by Gasteiger charge is 2.33. The average Bonchev–Trinajstić information content (AvgIpc) is 3.26. The molecule has 7 heteroatoms. The minimum atomic E-state index is -0.456. The molecule has 1 N–H and O–H groups in total. The average molecular weight is 445 g/mol. The van der Waals surface area contributed by atoms with E-state index in [2.05, 4.69) is 18.0 Å². The summed E-state index contributed by atoms with van der Waals surface area (Å²) in [6.45, 7) is 8.00. The molecule has 2 atom stereocenters. The smallest absolute Gasteiger partial charge is 0.237 e. The molecule has 1 aromatic carbocycles. The Balaban J connectivity index is 1.75. The molecule has 2 heterocycles. The summed E-state index contributed by atoms with van der Waals surface area (Å²) < 4.78 is 11.5. The van der Waals surface area contributed by atoms with Crippen molar-refractivity contribution in [2.75, 3.05) is 39.9 Å². The molecule has 0 fully saturated rings. The van der Waals surface area contributed by atoms with Gasteiger partial charge in [0.1, 0.15) is 6.61 Å². The SMILES string of the molecule is C=CCN(CC(=O)N1CCc2sccc2[C@H]1COc1ccccc1OC)C[C@@H](O)CC. The van der Waals surface area contributed by atoms with Crippen molar-refractivity contribution in [1.29, 1.82) is 0 Å². The van der Waals surface area contributed by atoms with Gasteiger partial charge in [-0.15, -0.1) is 17.9 Å². The molecule has 0 spiro atoms. The maximum Gasteiger partial charge on any atom is 0.237 e. The van der Waals surface area contributed by atoms with Crippen molar-refractivity contribution in [3.63, 3.8) is 0 Å². The third-order valence-electron chi connectivity index (χ3n) is 5.57. The van der Waals surface area contributed by atoms with Gasteiger partial charge >= 0.3 is 0 Å². The van der Waals surface area contributed by atoms with Crippen LogP contribution in [0.1, 0.15) is 29.8 Å². The van der Waals surface area contributed by atoms with E-state index in [-0.39, 0.29) is 18.5 Å². The van der Waals surface area contributed by atoms with Crippen molar-refractivity contribution in [3.05, 3.63) is 58.8 Å². The lowest BCUT2D eigenvalue weighted by Crippen LogP contribution is -2.47. The van der Waals surface area contributed by atoms with Gasteiger partial charge in [-0.1, -0.05) is 25.1 Å². The molecule has 1 aliphatic heterocycles. The topological polar surface area (TPSA) is 62.2 Å². The Morgan fingerprint density at radius 2 is 2.16 bits per heavy atom. The number of amides is 1. The maximum absolute atomic E-state index is 13.3. The Morgan fingerprint density at radius 3 is 2.87 bits per heavy atom. The number of thiophene rings is 1. The fraction of sp³-hybridized carbons (Fsp3) is 0.458. The van der Waals surface area contributed by atoms with E-state index in [1.54, 1.807) is 24.5 Å². The first kappa shape index (κ1) is 23.3. The number of nitrogens with zero attached hydrogens (tertiary/aromatic N) is 2. The van der Waals surface area contributed by atoms with Gasteiger partial charge in [-0.3, -0.25) is 9.69 Å². The largest absolute Gasteiger partial charge is 0.493 e. The van der Waals surface area contributed by atoms with Crippen molar-refractivity contribution < 1.29 is 19.4 Å². The zero-order chi connectivity index (χ0) is 22.2. The number of hydrogen-bond donors (Lipinski definition) is 1. The second-order valence-electron chi connectivity index (χ2n) is 7.66. The fourth-order valence-electron chi connectivity index (χ4n) is 3.88. The predicted molar refractivity (Wildman–Crippen MR) is 124 cm³/mol. The van der Waals surface area contributed by atoms with Crippen molar-refractivity contribution in [2.24, 2.45) is 0 Å². The zero-order valence-corrected chi connectivity index (χ0v) is 19.1. The van der Waals surface area contributed by atoms with E-state index in [1.807, 2.05) is 41.0 Å². The van der Waals surface area contributed by atoms with Gasteiger partial charge in [0.25, 0.3) is 0 Å². The number of hydrogen-bond acceptors (Lipinski definition) is 6. The van der Waals surface area contributed by atoms with Crippen LogP contribution in [-0.4, -0.2) is 66.8 Å². The van der Waals surface area contributed by atoms with E-state index in [9.17, 15) is 9.90 Å². The van der Waals surface area contributed by atoms with E-state index >= 15 is 0 Å². The van der Waals surface area contributed by atoms with Crippen LogP contribution >= 0.6 is 11.3 Å². The lowest BCUT2D eigenvalue weighted by atomic mass is 10.0. The third-order valence-corrected chi connectivity index (χ3v) is 6.56. The molecule has 1 amide bonds. The number of methoxy groups -OCH3 is 1. The fourth-order valence-corrected chi connectivity index (χ4v) is 4.81. The summed E-state index contributed by atoms with van der Waals surface area (Å²) in [6.07, 6.45) is 2.81. The first-order chi connectivity index (χ1) is 15.1. The minimum Gasteiger partial charge on any atom is -0.493 e. The van der Waals surface area contributed by atoms with E-state index < -0.39 is 6.10 Å². The van der Waals surface area contributed by atoms with Crippen LogP contribution in [0.15, 0.2) is 48.4 Å². The van der Waals surface area contributed by atoms with Crippen LogP contribution in [0.5, 0.6) is 11.5 Å². The number of rotatable bonds is 11. The van der Waals surface area contributed by atoms with Gasteiger partial charge in [0.05, 0.1) is 25.8 Å². The number of ether oxygens (including phenoxy) is 2. The molecular weight excluding hydrogens is 412 g/mol. The molecule has 0 saturated heterocycles. The van der Waals surface area contributed by atoms with E-state index in [0.29, 0.717) is 44.2 Å². The number of aliphatic hydroxyl groups is 1. The molecule has 0 aliphatic carbocycles.